The summed E-state index contributed by atoms with van der Waals surface area (Å²) in [4.78, 5) is 7.85. The van der Waals surface area contributed by atoms with Crippen molar-refractivity contribution >= 4 is 28.9 Å². The van der Waals surface area contributed by atoms with E-state index in [9.17, 15) is 4.39 Å². The van der Waals surface area contributed by atoms with E-state index in [0.717, 1.165) is 6.20 Å². The Labute approximate surface area is 125 Å². The van der Waals surface area contributed by atoms with E-state index < -0.39 is 5.82 Å². The first-order valence-electron chi connectivity index (χ1n) is 5.90. The number of anilines is 2. The molecule has 0 aliphatic carbocycles. The van der Waals surface area contributed by atoms with Gasteiger partial charge in [-0.25, -0.2) is 14.4 Å². The first-order valence-corrected chi connectivity index (χ1v) is 6.28. The minimum absolute atomic E-state index is 0.213. The van der Waals surface area contributed by atoms with E-state index in [0.29, 0.717) is 11.4 Å². The minimum Gasteiger partial charge on any atom is -0.450 e. The van der Waals surface area contributed by atoms with Crippen LogP contribution in [0.25, 0.3) is 5.76 Å². The predicted octanol–water partition coefficient (Wildman–Crippen LogP) is 2.23. The third kappa shape index (κ3) is 3.14. The van der Waals surface area contributed by atoms with Crippen molar-refractivity contribution in [2.24, 2.45) is 5.73 Å². The number of hydrogen-bond donors (Lipinski definition) is 3. The summed E-state index contributed by atoms with van der Waals surface area (Å²) >= 11 is 6.17. The number of nitrogen functional groups attached to an aromatic ring is 1. The second-order valence-electron chi connectivity index (χ2n) is 3.94. The average molecular weight is 310 g/mol. The van der Waals surface area contributed by atoms with Crippen molar-refractivity contribution in [1.29, 1.82) is 0 Å². The lowest BCUT2D eigenvalue weighted by atomic mass is 10.3. The van der Waals surface area contributed by atoms with E-state index in [1.165, 1.54) is 24.5 Å². The standard InChI is InChI=1S/C13H13ClFN5O/c1-18-12-11(14)10(6-20-13(12)17)21-9(4-16)8-3-2-7(15)5-19-8/h2-6,18H,16H2,1H3,(H2,17,20). The molecule has 110 valence electrons. The molecule has 2 aromatic heterocycles. The van der Waals surface area contributed by atoms with Crippen molar-refractivity contribution in [1.82, 2.24) is 9.97 Å². The molecule has 0 saturated carbocycles. The predicted molar refractivity (Wildman–Crippen MR) is 80.2 cm³/mol. The number of nitrogens with one attached hydrogen (secondary N) is 1. The summed E-state index contributed by atoms with van der Waals surface area (Å²) in [7, 11) is 1.66. The smallest absolute Gasteiger partial charge is 0.168 e. The number of hydrogen-bond acceptors (Lipinski definition) is 6. The number of nitrogens with zero attached hydrogens (tertiary/aromatic N) is 2. The molecule has 0 amide bonds. The van der Waals surface area contributed by atoms with Crippen LogP contribution in [0.5, 0.6) is 5.75 Å². The lowest BCUT2D eigenvalue weighted by molar-refractivity contribution is 0.508. The van der Waals surface area contributed by atoms with Gasteiger partial charge in [0, 0.05) is 13.2 Å². The van der Waals surface area contributed by atoms with Gasteiger partial charge < -0.3 is 21.5 Å². The summed E-state index contributed by atoms with van der Waals surface area (Å²) in [5.74, 6) is 0.247. The zero-order chi connectivity index (χ0) is 15.4. The van der Waals surface area contributed by atoms with Gasteiger partial charge >= 0.3 is 0 Å². The molecule has 0 atom stereocenters. The molecule has 0 bridgehead atoms. The Kier molecular flexibility index (Phi) is 4.44. The van der Waals surface area contributed by atoms with Gasteiger partial charge in [-0.15, -0.1) is 0 Å². The maximum atomic E-state index is 12.9. The van der Waals surface area contributed by atoms with Gasteiger partial charge in [0.25, 0.3) is 0 Å². The Morgan fingerprint density at radius 2 is 2.14 bits per heavy atom. The number of halogens is 2. The normalized spacial score (nSPS) is 11.3. The Morgan fingerprint density at radius 3 is 2.71 bits per heavy atom. The van der Waals surface area contributed by atoms with Crippen LogP contribution in [0.3, 0.4) is 0 Å². The Bertz CT molecular complexity index is 675. The van der Waals surface area contributed by atoms with Crippen LogP contribution >= 0.6 is 11.6 Å². The van der Waals surface area contributed by atoms with Gasteiger partial charge in [-0.1, -0.05) is 11.6 Å². The van der Waals surface area contributed by atoms with Crippen molar-refractivity contribution < 1.29 is 9.13 Å². The number of nitrogens with two attached hydrogens (primary N) is 2. The molecule has 0 saturated heterocycles. The lowest BCUT2D eigenvalue weighted by Gasteiger charge is -2.13. The van der Waals surface area contributed by atoms with Crippen LogP contribution in [0, 0.1) is 5.82 Å². The van der Waals surface area contributed by atoms with Crippen LogP contribution < -0.4 is 21.5 Å². The number of aromatic nitrogens is 2. The molecule has 0 aliphatic rings. The van der Waals surface area contributed by atoms with Crippen LogP contribution in [-0.4, -0.2) is 17.0 Å². The minimum atomic E-state index is -0.459. The highest BCUT2D eigenvalue weighted by Crippen LogP contribution is 2.36. The van der Waals surface area contributed by atoms with Crippen LogP contribution in [0.15, 0.2) is 30.7 Å². The van der Waals surface area contributed by atoms with E-state index in [-0.39, 0.29) is 22.3 Å². The summed E-state index contributed by atoms with van der Waals surface area (Å²) in [6.45, 7) is 0. The molecule has 0 unspecified atom stereocenters. The quantitative estimate of drug-likeness (QED) is 0.749. The SMILES string of the molecule is CNc1c(N)ncc(OC(=CN)c2ccc(F)cn2)c1Cl. The Morgan fingerprint density at radius 1 is 1.38 bits per heavy atom. The Balaban J connectivity index is 2.34. The van der Waals surface area contributed by atoms with Gasteiger partial charge in [0.15, 0.2) is 11.5 Å². The zero-order valence-electron chi connectivity index (χ0n) is 11.1. The molecule has 0 aliphatic heterocycles. The van der Waals surface area contributed by atoms with Crippen molar-refractivity contribution in [2.75, 3.05) is 18.1 Å². The summed E-state index contributed by atoms with van der Waals surface area (Å²) in [5.41, 5.74) is 12.0. The molecule has 6 nitrogen and oxygen atoms in total. The first-order chi connectivity index (χ1) is 10.1. The molecule has 0 radical (unpaired) electrons. The van der Waals surface area contributed by atoms with Gasteiger partial charge in [0.2, 0.25) is 0 Å². The van der Waals surface area contributed by atoms with E-state index in [2.05, 4.69) is 15.3 Å². The molecular weight excluding hydrogens is 297 g/mol. The third-order valence-corrected chi connectivity index (χ3v) is 2.99. The molecule has 21 heavy (non-hydrogen) atoms. The third-order valence-electron chi connectivity index (χ3n) is 2.61. The first kappa shape index (κ1) is 14.9. The summed E-state index contributed by atoms with van der Waals surface area (Å²) in [6.07, 6.45) is 3.63. The molecule has 2 rings (SSSR count). The molecule has 8 heteroatoms. The molecular formula is C13H13ClFN5O. The van der Waals surface area contributed by atoms with Crippen molar-refractivity contribution in [3.05, 3.63) is 47.3 Å². The zero-order valence-corrected chi connectivity index (χ0v) is 11.9. The second-order valence-corrected chi connectivity index (χ2v) is 4.32. The molecule has 2 aromatic rings. The Hall–Kier alpha value is -2.54. The fraction of sp³-hybridized carbons (Fsp3) is 0.0769. The van der Waals surface area contributed by atoms with E-state index in [4.69, 9.17) is 27.8 Å². The maximum absolute atomic E-state index is 12.9. The van der Waals surface area contributed by atoms with Crippen LogP contribution in [0.1, 0.15) is 5.69 Å². The highest BCUT2D eigenvalue weighted by Gasteiger charge is 2.14. The lowest BCUT2D eigenvalue weighted by Crippen LogP contribution is -2.04. The average Bonchev–Trinajstić information content (AvgIpc) is 2.48. The van der Waals surface area contributed by atoms with Gasteiger partial charge in [0.05, 0.1) is 18.1 Å². The van der Waals surface area contributed by atoms with Crippen LogP contribution in [-0.2, 0) is 0 Å². The van der Waals surface area contributed by atoms with Gasteiger partial charge in [-0.3, -0.25) is 0 Å². The summed E-state index contributed by atoms with van der Waals surface area (Å²) in [5, 5.41) is 3.08. The fourth-order valence-electron chi connectivity index (χ4n) is 1.61. The topological polar surface area (TPSA) is 99.1 Å². The second kappa shape index (κ2) is 6.27. The van der Waals surface area contributed by atoms with Crippen LogP contribution in [0.2, 0.25) is 5.02 Å². The highest BCUT2D eigenvalue weighted by atomic mass is 35.5. The largest absolute Gasteiger partial charge is 0.450 e. The van der Waals surface area contributed by atoms with Crippen molar-refractivity contribution in [3.63, 3.8) is 0 Å². The van der Waals surface area contributed by atoms with Crippen molar-refractivity contribution in [2.45, 2.75) is 0 Å². The fourth-order valence-corrected chi connectivity index (χ4v) is 1.88. The van der Waals surface area contributed by atoms with Gasteiger partial charge in [0.1, 0.15) is 22.4 Å². The van der Waals surface area contributed by atoms with Crippen molar-refractivity contribution in [3.8, 4) is 5.75 Å². The van der Waals surface area contributed by atoms with Crippen LogP contribution in [0.4, 0.5) is 15.9 Å². The van der Waals surface area contributed by atoms with E-state index in [1.54, 1.807) is 7.05 Å². The monoisotopic (exact) mass is 309 g/mol. The van der Waals surface area contributed by atoms with Gasteiger partial charge in [-0.05, 0) is 12.1 Å². The van der Waals surface area contributed by atoms with Gasteiger partial charge in [-0.2, -0.15) is 0 Å². The molecule has 0 aromatic carbocycles. The highest BCUT2D eigenvalue weighted by molar-refractivity contribution is 6.35. The maximum Gasteiger partial charge on any atom is 0.168 e. The number of pyridine rings is 2. The summed E-state index contributed by atoms with van der Waals surface area (Å²) < 4.78 is 18.5. The molecule has 0 fully saturated rings. The summed E-state index contributed by atoms with van der Waals surface area (Å²) in [6, 6.07) is 2.68. The number of ether oxygens (including phenoxy) is 1. The number of rotatable bonds is 4. The molecule has 2 heterocycles. The van der Waals surface area contributed by atoms with E-state index >= 15 is 0 Å². The molecule has 0 spiro atoms. The molecule has 5 N–H and O–H groups in total. The van der Waals surface area contributed by atoms with E-state index in [1.807, 2.05) is 0 Å².